The van der Waals surface area contributed by atoms with Gasteiger partial charge in [-0.15, -0.1) is 0 Å². The zero-order valence-corrected chi connectivity index (χ0v) is 14.0. The molecule has 0 aliphatic heterocycles. The molecule has 3 nitrogen and oxygen atoms in total. The Morgan fingerprint density at radius 1 is 1.04 bits per heavy atom. The number of hydrogen-bond donors (Lipinski definition) is 1. The van der Waals surface area contributed by atoms with E-state index in [1.54, 1.807) is 0 Å². The predicted octanol–water partition coefficient (Wildman–Crippen LogP) is 4.25. The average Bonchev–Trinajstić information content (AvgIpc) is 3.24. The van der Waals surface area contributed by atoms with E-state index in [2.05, 4.69) is 71.9 Å². The first kappa shape index (κ1) is 15.2. The lowest BCUT2D eigenvalue weighted by Gasteiger charge is -2.22. The van der Waals surface area contributed by atoms with Gasteiger partial charge in [0.15, 0.2) is 0 Å². The van der Waals surface area contributed by atoms with Crippen LogP contribution in [0.5, 0.6) is 0 Å². The Labute approximate surface area is 143 Å². The minimum atomic E-state index is 0.284. The van der Waals surface area contributed by atoms with Gasteiger partial charge in [0.05, 0.1) is 5.69 Å². The number of nitrogens with zero attached hydrogens (tertiary/aromatic N) is 2. The Hall–Kier alpha value is -2.39. The van der Waals surface area contributed by atoms with E-state index in [4.69, 9.17) is 0 Å². The van der Waals surface area contributed by atoms with Crippen LogP contribution in [0.3, 0.4) is 0 Å². The molecule has 1 aromatic heterocycles. The normalized spacial score (nSPS) is 16.7. The maximum absolute atomic E-state index is 4.39. The summed E-state index contributed by atoms with van der Waals surface area (Å²) in [6, 6.07) is 21.6. The summed E-state index contributed by atoms with van der Waals surface area (Å²) in [6.07, 6.45) is 6.37. The first-order chi connectivity index (χ1) is 11.8. The molecule has 122 valence electrons. The topological polar surface area (TPSA) is 29.9 Å². The molecule has 1 heterocycles. The summed E-state index contributed by atoms with van der Waals surface area (Å²) in [4.78, 5) is 0. The minimum absolute atomic E-state index is 0.284. The Morgan fingerprint density at radius 3 is 2.50 bits per heavy atom. The fourth-order valence-corrected chi connectivity index (χ4v) is 3.44. The molecule has 1 fully saturated rings. The summed E-state index contributed by atoms with van der Waals surface area (Å²) in [5.74, 6) is 0. The Balaban J connectivity index is 1.51. The van der Waals surface area contributed by atoms with Gasteiger partial charge in [0.1, 0.15) is 0 Å². The van der Waals surface area contributed by atoms with E-state index in [1.807, 2.05) is 23.1 Å². The molecular weight excluding hydrogens is 294 g/mol. The highest BCUT2D eigenvalue weighted by Gasteiger charge is 2.43. The van der Waals surface area contributed by atoms with Crippen molar-refractivity contribution in [1.82, 2.24) is 15.1 Å². The van der Waals surface area contributed by atoms with Crippen LogP contribution in [0.4, 0.5) is 0 Å². The standard InChI is InChI=1S/C21H23N3/c1-17(19-10-5-6-11-20(19)24-15-7-14-23-24)22-16-21(12-13-21)18-8-3-2-4-9-18/h2-11,14-15,17,22H,12-13,16H2,1H3/t17-/m0/s1. The molecule has 0 unspecified atom stereocenters. The molecule has 3 heteroatoms. The largest absolute Gasteiger partial charge is 0.309 e. The monoisotopic (exact) mass is 317 g/mol. The highest BCUT2D eigenvalue weighted by Crippen LogP contribution is 2.47. The Bertz CT molecular complexity index is 789. The van der Waals surface area contributed by atoms with Crippen LogP contribution in [-0.2, 0) is 5.41 Å². The van der Waals surface area contributed by atoms with Gasteiger partial charge in [0, 0.05) is 30.4 Å². The lowest BCUT2D eigenvalue weighted by molar-refractivity contribution is 0.509. The SMILES string of the molecule is C[C@H](NCC1(c2ccccc2)CC1)c1ccccc1-n1cccn1. The highest BCUT2D eigenvalue weighted by atomic mass is 15.3. The molecule has 1 aliphatic rings. The fraction of sp³-hybridized carbons (Fsp3) is 0.286. The number of benzene rings is 2. The third-order valence-electron chi connectivity index (χ3n) is 5.14. The summed E-state index contributed by atoms with van der Waals surface area (Å²) in [6.45, 7) is 3.26. The van der Waals surface area contributed by atoms with Crippen molar-refractivity contribution in [3.8, 4) is 5.69 Å². The van der Waals surface area contributed by atoms with Crippen LogP contribution in [0.15, 0.2) is 73.1 Å². The van der Waals surface area contributed by atoms with Gasteiger partial charge in [-0.1, -0.05) is 48.5 Å². The predicted molar refractivity (Wildman–Crippen MR) is 97.3 cm³/mol. The second kappa shape index (κ2) is 6.25. The van der Waals surface area contributed by atoms with Crippen molar-refractivity contribution in [2.75, 3.05) is 6.54 Å². The molecule has 1 N–H and O–H groups in total. The molecule has 3 aromatic rings. The van der Waals surface area contributed by atoms with Gasteiger partial charge in [-0.2, -0.15) is 5.10 Å². The van der Waals surface area contributed by atoms with Crippen LogP contribution in [-0.4, -0.2) is 16.3 Å². The van der Waals surface area contributed by atoms with Gasteiger partial charge in [-0.05, 0) is 43.0 Å². The molecule has 1 atom stereocenters. The van der Waals surface area contributed by atoms with Crippen molar-refractivity contribution >= 4 is 0 Å². The third-order valence-corrected chi connectivity index (χ3v) is 5.14. The zero-order valence-electron chi connectivity index (χ0n) is 14.0. The molecule has 0 spiro atoms. The van der Waals surface area contributed by atoms with E-state index in [-0.39, 0.29) is 6.04 Å². The quantitative estimate of drug-likeness (QED) is 0.736. The number of para-hydroxylation sites is 1. The van der Waals surface area contributed by atoms with Crippen LogP contribution in [0, 0.1) is 0 Å². The zero-order chi connectivity index (χ0) is 16.4. The third kappa shape index (κ3) is 2.87. The van der Waals surface area contributed by atoms with Crippen LogP contribution in [0.2, 0.25) is 0 Å². The van der Waals surface area contributed by atoms with E-state index >= 15 is 0 Å². The van der Waals surface area contributed by atoms with Crippen LogP contribution in [0.1, 0.15) is 36.9 Å². The fourth-order valence-electron chi connectivity index (χ4n) is 3.44. The van der Waals surface area contributed by atoms with Gasteiger partial charge in [0.2, 0.25) is 0 Å². The number of rotatable bonds is 6. The second-order valence-electron chi connectivity index (χ2n) is 6.76. The van der Waals surface area contributed by atoms with Crippen molar-refractivity contribution in [3.05, 3.63) is 84.2 Å². The van der Waals surface area contributed by atoms with Crippen molar-refractivity contribution in [1.29, 1.82) is 0 Å². The van der Waals surface area contributed by atoms with Crippen molar-refractivity contribution in [2.24, 2.45) is 0 Å². The first-order valence-electron chi connectivity index (χ1n) is 8.66. The van der Waals surface area contributed by atoms with Gasteiger partial charge < -0.3 is 5.32 Å². The second-order valence-corrected chi connectivity index (χ2v) is 6.76. The van der Waals surface area contributed by atoms with Gasteiger partial charge in [-0.3, -0.25) is 0 Å². The van der Waals surface area contributed by atoms with Crippen molar-refractivity contribution in [3.63, 3.8) is 0 Å². The summed E-state index contributed by atoms with van der Waals surface area (Å²) < 4.78 is 1.94. The maximum Gasteiger partial charge on any atom is 0.0693 e. The first-order valence-corrected chi connectivity index (χ1v) is 8.66. The molecule has 2 aromatic carbocycles. The van der Waals surface area contributed by atoms with E-state index in [9.17, 15) is 0 Å². The minimum Gasteiger partial charge on any atom is -0.309 e. The average molecular weight is 317 g/mol. The van der Waals surface area contributed by atoms with E-state index in [0.29, 0.717) is 5.41 Å². The molecule has 0 radical (unpaired) electrons. The molecule has 24 heavy (non-hydrogen) atoms. The van der Waals surface area contributed by atoms with E-state index < -0.39 is 0 Å². The Morgan fingerprint density at radius 2 is 1.79 bits per heavy atom. The molecule has 0 amide bonds. The van der Waals surface area contributed by atoms with Gasteiger partial charge in [0.25, 0.3) is 0 Å². The van der Waals surface area contributed by atoms with Crippen molar-refractivity contribution in [2.45, 2.75) is 31.2 Å². The molecule has 4 rings (SSSR count). The number of aromatic nitrogens is 2. The lowest BCUT2D eigenvalue weighted by Crippen LogP contribution is -2.29. The van der Waals surface area contributed by atoms with Gasteiger partial charge in [-0.25, -0.2) is 4.68 Å². The molecule has 0 saturated heterocycles. The highest BCUT2D eigenvalue weighted by molar-refractivity contribution is 5.42. The Kier molecular flexibility index (Phi) is 3.95. The molecular formula is C21H23N3. The summed E-state index contributed by atoms with van der Waals surface area (Å²) >= 11 is 0. The number of nitrogens with one attached hydrogen (secondary N) is 1. The van der Waals surface area contributed by atoms with Gasteiger partial charge >= 0.3 is 0 Å². The lowest BCUT2D eigenvalue weighted by atomic mass is 9.95. The molecule has 1 saturated carbocycles. The van der Waals surface area contributed by atoms with E-state index in [1.165, 1.54) is 24.0 Å². The van der Waals surface area contributed by atoms with E-state index in [0.717, 1.165) is 12.2 Å². The van der Waals surface area contributed by atoms with Crippen LogP contribution in [0.25, 0.3) is 5.69 Å². The summed E-state index contributed by atoms with van der Waals surface area (Å²) in [5, 5.41) is 8.15. The van der Waals surface area contributed by atoms with Crippen molar-refractivity contribution < 1.29 is 0 Å². The molecule has 1 aliphatic carbocycles. The maximum atomic E-state index is 4.39. The van der Waals surface area contributed by atoms with Crippen LogP contribution < -0.4 is 5.32 Å². The number of hydrogen-bond acceptors (Lipinski definition) is 2. The summed E-state index contributed by atoms with van der Waals surface area (Å²) in [7, 11) is 0. The molecule has 0 bridgehead atoms. The van der Waals surface area contributed by atoms with Crippen LogP contribution >= 0.6 is 0 Å². The smallest absolute Gasteiger partial charge is 0.0693 e. The summed E-state index contributed by atoms with van der Waals surface area (Å²) in [5.41, 5.74) is 4.22.